The Morgan fingerprint density at radius 2 is 1.13 bits per heavy atom. The van der Waals surface area contributed by atoms with Gasteiger partial charge in [-0.25, -0.2) is 5.71 Å². The molecule has 0 atom stereocenters. The maximum atomic E-state index is 6.40. The Morgan fingerprint density at radius 1 is 0.733 bits per heavy atom. The van der Waals surface area contributed by atoms with Gasteiger partial charge in [-0.05, 0) is 37.0 Å². The van der Waals surface area contributed by atoms with E-state index >= 15 is 0 Å². The van der Waals surface area contributed by atoms with E-state index < -0.39 is 0 Å². The molecule has 0 aliphatic heterocycles. The third kappa shape index (κ3) is 3.73. The van der Waals surface area contributed by atoms with Crippen LogP contribution < -0.4 is 0 Å². The minimum atomic E-state index is -0.225. The average molecular weight is 257 g/mol. The third-order valence-corrected chi connectivity index (χ3v) is 13.8. The van der Waals surface area contributed by atoms with Crippen molar-refractivity contribution in [2.24, 2.45) is 0 Å². The molecule has 0 aromatic carbocycles. The van der Waals surface area contributed by atoms with Crippen molar-refractivity contribution >= 4 is 33.5 Å². The molecule has 2 aliphatic carbocycles. The topological polar surface area (TPSA) is 0 Å². The summed E-state index contributed by atoms with van der Waals surface area (Å²) in [7, 11) is 6.40. The van der Waals surface area contributed by atoms with Crippen LogP contribution in [0.25, 0.3) is 0 Å². The molecule has 0 N–H and O–H groups in total. The summed E-state index contributed by atoms with van der Waals surface area (Å²) in [5, 5.41) is 0. The fourth-order valence-corrected chi connectivity index (χ4v) is 13.2. The zero-order valence-corrected chi connectivity index (χ0v) is 12.8. The van der Waals surface area contributed by atoms with Crippen molar-refractivity contribution in [1.82, 2.24) is 0 Å². The molecular formula is C12H22ClMgP. The van der Waals surface area contributed by atoms with Crippen LogP contribution in [-0.2, 0) is 0 Å². The molecule has 15 heavy (non-hydrogen) atoms. The number of hydrogen-bond acceptors (Lipinski definition) is 0. The first-order valence-corrected chi connectivity index (χ1v) is 12.4. The second kappa shape index (κ2) is 7.04. The molecule has 0 spiro atoms. The lowest BCUT2D eigenvalue weighted by molar-refractivity contribution is 0.488. The Labute approximate surface area is 109 Å². The van der Waals surface area contributed by atoms with Gasteiger partial charge < -0.3 is 9.07 Å². The number of hydrogen-bond donors (Lipinski definition) is 0. The van der Waals surface area contributed by atoms with E-state index in [9.17, 15) is 0 Å². The monoisotopic (exact) mass is 256 g/mol. The summed E-state index contributed by atoms with van der Waals surface area (Å²) in [4.78, 5) is 0. The van der Waals surface area contributed by atoms with Gasteiger partial charge in [-0.1, -0.05) is 38.5 Å². The van der Waals surface area contributed by atoms with Gasteiger partial charge in [0.1, 0.15) is 0 Å². The van der Waals surface area contributed by atoms with Gasteiger partial charge >= 0.3 is 18.7 Å². The normalized spacial score (nSPS) is 25.5. The first-order valence-electron chi connectivity index (χ1n) is 6.73. The van der Waals surface area contributed by atoms with Crippen LogP contribution in [-0.4, -0.2) is 30.0 Å². The molecule has 0 aromatic rings. The summed E-state index contributed by atoms with van der Waals surface area (Å²) in [5.41, 5.74) is 2.51. The average Bonchev–Trinajstić information content (AvgIpc) is 2.33. The molecule has 84 valence electrons. The summed E-state index contributed by atoms with van der Waals surface area (Å²) in [6, 6.07) is 0. The van der Waals surface area contributed by atoms with E-state index in [0.717, 1.165) is 11.3 Å². The van der Waals surface area contributed by atoms with Gasteiger partial charge in [0.15, 0.2) is 0 Å². The van der Waals surface area contributed by atoms with Crippen LogP contribution in [0.3, 0.4) is 0 Å². The van der Waals surface area contributed by atoms with Crippen molar-refractivity contribution in [3.05, 3.63) is 0 Å². The highest BCUT2D eigenvalue weighted by atomic mass is 35.5. The molecule has 0 bridgehead atoms. The van der Waals surface area contributed by atoms with E-state index in [4.69, 9.17) is 9.07 Å². The number of rotatable bonds is 3. The lowest BCUT2D eigenvalue weighted by Crippen LogP contribution is -2.21. The Bertz CT molecular complexity index is 158. The van der Waals surface area contributed by atoms with Crippen molar-refractivity contribution in [2.45, 2.75) is 75.5 Å². The van der Waals surface area contributed by atoms with Crippen molar-refractivity contribution < 1.29 is 0 Å². The zero-order chi connectivity index (χ0) is 10.5. The Morgan fingerprint density at radius 3 is 1.47 bits per heavy atom. The van der Waals surface area contributed by atoms with Crippen LogP contribution in [0.2, 0.25) is 0 Å². The smallest absolute Gasteiger partial charge is 0.335 e. The highest BCUT2D eigenvalue weighted by Gasteiger charge is 2.30. The van der Waals surface area contributed by atoms with E-state index in [-0.39, 0.29) is 18.7 Å². The Kier molecular flexibility index (Phi) is 6.07. The molecule has 0 aromatic heterocycles. The summed E-state index contributed by atoms with van der Waals surface area (Å²) >= 11 is -0.225. The molecule has 2 saturated carbocycles. The fraction of sp³-hybridized carbons (Fsp3) is 1.00. The minimum absolute atomic E-state index is 0.225. The largest absolute Gasteiger partial charge is 0.537 e. The van der Waals surface area contributed by atoms with Gasteiger partial charge in [0.05, 0.1) is 0 Å². The van der Waals surface area contributed by atoms with E-state index in [1.54, 1.807) is 0 Å². The van der Waals surface area contributed by atoms with Gasteiger partial charge in [0.25, 0.3) is 0 Å². The van der Waals surface area contributed by atoms with Crippen molar-refractivity contribution in [3.8, 4) is 0 Å². The van der Waals surface area contributed by atoms with E-state index in [0.29, 0.717) is 5.71 Å². The third-order valence-electron chi connectivity index (χ3n) is 4.23. The summed E-state index contributed by atoms with van der Waals surface area (Å²) in [6.45, 7) is 0. The molecular weight excluding hydrogens is 235 g/mol. The first kappa shape index (κ1) is 12.9. The predicted octanol–water partition coefficient (Wildman–Crippen LogP) is 4.91. The predicted molar refractivity (Wildman–Crippen MR) is 72.3 cm³/mol. The van der Waals surface area contributed by atoms with Crippen LogP contribution >= 0.6 is 14.8 Å². The molecule has 2 fully saturated rings. The molecule has 0 nitrogen and oxygen atoms in total. The fourth-order valence-electron chi connectivity index (χ4n) is 3.32. The van der Waals surface area contributed by atoms with Gasteiger partial charge in [0.2, 0.25) is 0 Å². The maximum Gasteiger partial charge on any atom is 0.537 e. The second-order valence-electron chi connectivity index (χ2n) is 5.22. The van der Waals surface area contributed by atoms with Crippen molar-refractivity contribution in [2.75, 3.05) is 0 Å². The molecule has 0 saturated heterocycles. The summed E-state index contributed by atoms with van der Waals surface area (Å²) in [6.07, 6.45) is 15.1. The molecule has 2 aliphatic rings. The highest BCUT2D eigenvalue weighted by Crippen LogP contribution is 2.54. The number of halogens is 1. The second-order valence-corrected chi connectivity index (χ2v) is 13.0. The van der Waals surface area contributed by atoms with E-state index in [1.165, 1.54) is 64.2 Å². The van der Waals surface area contributed by atoms with Crippen LogP contribution in [0.5, 0.6) is 0 Å². The summed E-state index contributed by atoms with van der Waals surface area (Å²) < 4.78 is 0. The maximum absolute atomic E-state index is 6.40. The van der Waals surface area contributed by atoms with Gasteiger partial charge in [-0.2, -0.15) is 0 Å². The van der Waals surface area contributed by atoms with Crippen LogP contribution in [0.15, 0.2) is 0 Å². The van der Waals surface area contributed by atoms with Gasteiger partial charge in [0, 0.05) is 0 Å². The Hall–Kier alpha value is 1.49. The van der Waals surface area contributed by atoms with Crippen molar-refractivity contribution in [3.63, 3.8) is 0 Å². The SMILES string of the molecule is [Cl][Mg][P](C1CCCCC1)C1CCCCC1. The molecule has 2 rings (SSSR count). The van der Waals surface area contributed by atoms with Gasteiger partial charge in [-0.3, -0.25) is 0 Å². The molecule has 0 heterocycles. The zero-order valence-electron chi connectivity index (χ0n) is 9.76. The summed E-state index contributed by atoms with van der Waals surface area (Å²) in [5.74, 6) is 0. The minimum Gasteiger partial charge on any atom is -0.335 e. The quantitative estimate of drug-likeness (QED) is 0.498. The highest BCUT2D eigenvalue weighted by molar-refractivity contribution is 7.93. The van der Waals surface area contributed by atoms with Crippen LogP contribution in [0.4, 0.5) is 0 Å². The van der Waals surface area contributed by atoms with Gasteiger partial charge in [-0.15, -0.1) is 0 Å². The first-order chi connectivity index (χ1) is 7.42. The molecule has 0 amide bonds. The van der Waals surface area contributed by atoms with Crippen LogP contribution in [0.1, 0.15) is 64.2 Å². The standard InChI is InChI=1S/C12H22P.ClH.Mg/c1-3-7-11(8-4-1)13-12-9-5-2-6-10-12;;/h11-12H,1-10H2;1H;/q-1;;+2/p-1. The van der Waals surface area contributed by atoms with E-state index in [1.807, 2.05) is 0 Å². The molecule has 0 unspecified atom stereocenters. The Balaban J connectivity index is 1.88. The van der Waals surface area contributed by atoms with Crippen molar-refractivity contribution in [1.29, 1.82) is 0 Å². The van der Waals surface area contributed by atoms with Crippen LogP contribution in [0, 0.1) is 0 Å². The lowest BCUT2D eigenvalue weighted by atomic mass is 10.00. The lowest BCUT2D eigenvalue weighted by Gasteiger charge is -2.38. The molecule has 0 radical (unpaired) electrons. The molecule has 3 heteroatoms. The van der Waals surface area contributed by atoms with E-state index in [2.05, 4.69) is 0 Å².